The van der Waals surface area contributed by atoms with Crippen molar-refractivity contribution in [2.45, 2.75) is 297 Å². The minimum Gasteiger partial charge on any atom is -0.462 e. The molecule has 0 aromatic heterocycles. The molecule has 65 heavy (non-hydrogen) atoms. The fourth-order valence-corrected chi connectivity index (χ4v) is 8.14. The molecule has 6 nitrogen and oxygen atoms in total. The lowest BCUT2D eigenvalue weighted by molar-refractivity contribution is -0.167. The SMILES string of the molecule is CC/C=C\C/C=C\C/C=C\C/C=C\CCCCCCCCCCCCCCC(=O)OCC(COC(=O)CCCCCCCCCCCCC)OC(=O)CCCCCCCCCCCCC. The third-order valence-corrected chi connectivity index (χ3v) is 12.3. The summed E-state index contributed by atoms with van der Waals surface area (Å²) in [5.41, 5.74) is 0. The smallest absolute Gasteiger partial charge is 0.306 e. The molecule has 0 rings (SSSR count). The van der Waals surface area contributed by atoms with Crippen molar-refractivity contribution in [3.63, 3.8) is 0 Å². The third-order valence-electron chi connectivity index (χ3n) is 12.3. The maximum atomic E-state index is 12.8. The number of rotatable bonds is 51. The summed E-state index contributed by atoms with van der Waals surface area (Å²) in [6.45, 7) is 6.54. The molecule has 0 aliphatic carbocycles. The quantitative estimate of drug-likeness (QED) is 0.0262. The Hall–Kier alpha value is -2.63. The normalized spacial score (nSPS) is 12.4. The first kappa shape index (κ1) is 62.4. The summed E-state index contributed by atoms with van der Waals surface area (Å²) in [6, 6.07) is 0. The van der Waals surface area contributed by atoms with Crippen molar-refractivity contribution in [3.05, 3.63) is 48.6 Å². The largest absolute Gasteiger partial charge is 0.462 e. The van der Waals surface area contributed by atoms with Gasteiger partial charge in [0.2, 0.25) is 0 Å². The van der Waals surface area contributed by atoms with Gasteiger partial charge >= 0.3 is 17.9 Å². The molecule has 0 aliphatic rings. The molecule has 0 aliphatic heterocycles. The minimum atomic E-state index is -0.767. The van der Waals surface area contributed by atoms with E-state index in [1.807, 2.05) is 0 Å². The molecule has 0 radical (unpaired) electrons. The van der Waals surface area contributed by atoms with Crippen LogP contribution in [0.2, 0.25) is 0 Å². The molecule has 0 N–H and O–H groups in total. The van der Waals surface area contributed by atoms with E-state index in [2.05, 4.69) is 69.4 Å². The molecule has 0 amide bonds. The fraction of sp³-hybridized carbons (Fsp3) is 0.814. The van der Waals surface area contributed by atoms with Crippen molar-refractivity contribution >= 4 is 17.9 Å². The molecular weight excluding hydrogens is 805 g/mol. The Bertz CT molecular complexity index is 1140. The summed E-state index contributed by atoms with van der Waals surface area (Å²) in [7, 11) is 0. The molecule has 0 bridgehead atoms. The number of hydrogen-bond donors (Lipinski definition) is 0. The monoisotopic (exact) mass is 911 g/mol. The Morgan fingerprint density at radius 1 is 0.323 bits per heavy atom. The van der Waals surface area contributed by atoms with Crippen LogP contribution in [0.1, 0.15) is 290 Å². The van der Waals surface area contributed by atoms with Crippen molar-refractivity contribution in [2.75, 3.05) is 13.2 Å². The van der Waals surface area contributed by atoms with Gasteiger partial charge in [-0.05, 0) is 57.8 Å². The summed E-state index contributed by atoms with van der Waals surface area (Å²) in [4.78, 5) is 38.0. The zero-order chi connectivity index (χ0) is 47.2. The van der Waals surface area contributed by atoms with E-state index in [4.69, 9.17) is 14.2 Å². The zero-order valence-electron chi connectivity index (χ0n) is 43.3. The first-order valence-corrected chi connectivity index (χ1v) is 28.1. The van der Waals surface area contributed by atoms with Gasteiger partial charge in [-0.25, -0.2) is 0 Å². The first-order valence-electron chi connectivity index (χ1n) is 28.1. The second-order valence-corrected chi connectivity index (χ2v) is 18.8. The van der Waals surface area contributed by atoms with Crippen molar-refractivity contribution in [1.29, 1.82) is 0 Å². The summed E-state index contributed by atoms with van der Waals surface area (Å²) in [5, 5.41) is 0. The summed E-state index contributed by atoms with van der Waals surface area (Å²) >= 11 is 0. The molecule has 0 spiro atoms. The van der Waals surface area contributed by atoms with Gasteiger partial charge in [0.15, 0.2) is 6.10 Å². The van der Waals surface area contributed by atoms with Gasteiger partial charge in [0.05, 0.1) is 0 Å². The van der Waals surface area contributed by atoms with E-state index in [9.17, 15) is 14.4 Å². The van der Waals surface area contributed by atoms with E-state index in [-0.39, 0.29) is 31.1 Å². The Morgan fingerprint density at radius 2 is 0.600 bits per heavy atom. The van der Waals surface area contributed by atoms with Crippen molar-refractivity contribution in [1.82, 2.24) is 0 Å². The topological polar surface area (TPSA) is 78.9 Å². The number of carbonyl (C=O) groups is 3. The molecule has 0 aromatic rings. The van der Waals surface area contributed by atoms with E-state index in [1.165, 1.54) is 167 Å². The minimum absolute atomic E-state index is 0.0686. The van der Waals surface area contributed by atoms with Crippen LogP contribution in [-0.2, 0) is 28.6 Å². The lowest BCUT2D eigenvalue weighted by Gasteiger charge is -2.18. The van der Waals surface area contributed by atoms with Gasteiger partial charge in [-0.1, -0.05) is 262 Å². The summed E-state index contributed by atoms with van der Waals surface area (Å²) < 4.78 is 16.8. The molecular formula is C59H106O6. The zero-order valence-corrected chi connectivity index (χ0v) is 43.3. The number of allylic oxidation sites excluding steroid dienone is 8. The van der Waals surface area contributed by atoms with Crippen molar-refractivity contribution < 1.29 is 28.6 Å². The molecule has 0 saturated carbocycles. The Morgan fingerprint density at radius 3 is 0.938 bits per heavy atom. The summed E-state index contributed by atoms with van der Waals surface area (Å²) in [6.07, 6.45) is 65.4. The van der Waals surface area contributed by atoms with Crippen LogP contribution < -0.4 is 0 Å². The number of ether oxygens (including phenoxy) is 3. The average molecular weight is 911 g/mol. The highest BCUT2D eigenvalue weighted by molar-refractivity contribution is 5.71. The van der Waals surface area contributed by atoms with Gasteiger partial charge in [0.25, 0.3) is 0 Å². The van der Waals surface area contributed by atoms with Crippen molar-refractivity contribution in [3.8, 4) is 0 Å². The van der Waals surface area contributed by atoms with Crippen LogP contribution in [0.5, 0.6) is 0 Å². The first-order chi connectivity index (χ1) is 32.0. The maximum Gasteiger partial charge on any atom is 0.306 e. The number of unbranched alkanes of at least 4 members (excludes halogenated alkanes) is 32. The molecule has 6 heteroatoms. The highest BCUT2D eigenvalue weighted by atomic mass is 16.6. The van der Waals surface area contributed by atoms with Crippen molar-refractivity contribution in [2.24, 2.45) is 0 Å². The van der Waals surface area contributed by atoms with E-state index in [0.717, 1.165) is 83.5 Å². The van der Waals surface area contributed by atoms with Gasteiger partial charge in [-0.2, -0.15) is 0 Å². The second-order valence-electron chi connectivity index (χ2n) is 18.8. The lowest BCUT2D eigenvalue weighted by Crippen LogP contribution is -2.30. The Kier molecular flexibility index (Phi) is 51.8. The van der Waals surface area contributed by atoms with Crippen LogP contribution in [-0.4, -0.2) is 37.2 Å². The fourth-order valence-electron chi connectivity index (χ4n) is 8.14. The predicted octanol–water partition coefficient (Wildman–Crippen LogP) is 18.7. The van der Waals surface area contributed by atoms with Crippen LogP contribution in [0.4, 0.5) is 0 Å². The number of carbonyl (C=O) groups excluding carboxylic acids is 3. The standard InChI is InChI=1S/C59H106O6/c1-4-7-10-13-16-19-22-23-24-25-26-27-28-29-30-31-32-33-34-35-38-40-43-46-49-52-58(61)64-55-56(65-59(62)53-50-47-44-41-37-21-18-15-12-9-6-3)54-63-57(60)51-48-45-42-39-36-20-17-14-11-8-5-2/h7,10,16,19,23-24,26-27,56H,4-6,8-9,11-15,17-18,20-22,25,28-55H2,1-3H3/b10-7-,19-16-,24-23-,27-26-. The maximum absolute atomic E-state index is 12.8. The predicted molar refractivity (Wildman–Crippen MR) is 279 cm³/mol. The molecule has 0 heterocycles. The second kappa shape index (κ2) is 54.0. The Labute approximate surface area is 403 Å². The molecule has 0 saturated heterocycles. The number of hydrogen-bond acceptors (Lipinski definition) is 6. The molecule has 1 unspecified atom stereocenters. The van der Waals surface area contributed by atoms with Gasteiger partial charge in [-0.15, -0.1) is 0 Å². The van der Waals surface area contributed by atoms with Crippen LogP contribution in [0.15, 0.2) is 48.6 Å². The van der Waals surface area contributed by atoms with Gasteiger partial charge in [0.1, 0.15) is 13.2 Å². The Balaban J connectivity index is 4.18. The van der Waals surface area contributed by atoms with E-state index in [1.54, 1.807) is 0 Å². The van der Waals surface area contributed by atoms with E-state index in [0.29, 0.717) is 19.3 Å². The van der Waals surface area contributed by atoms with Crippen LogP contribution in [0.3, 0.4) is 0 Å². The van der Waals surface area contributed by atoms with Gasteiger partial charge in [-0.3, -0.25) is 14.4 Å². The molecule has 1 atom stereocenters. The van der Waals surface area contributed by atoms with Crippen LogP contribution in [0, 0.1) is 0 Å². The highest BCUT2D eigenvalue weighted by Gasteiger charge is 2.19. The third kappa shape index (κ3) is 52.2. The van der Waals surface area contributed by atoms with Gasteiger partial charge in [0, 0.05) is 19.3 Å². The van der Waals surface area contributed by atoms with E-state index < -0.39 is 6.10 Å². The summed E-state index contributed by atoms with van der Waals surface area (Å²) in [5.74, 6) is -0.859. The van der Waals surface area contributed by atoms with Crippen LogP contribution >= 0.6 is 0 Å². The van der Waals surface area contributed by atoms with Crippen LogP contribution in [0.25, 0.3) is 0 Å². The lowest BCUT2D eigenvalue weighted by atomic mass is 10.0. The van der Waals surface area contributed by atoms with E-state index >= 15 is 0 Å². The average Bonchev–Trinajstić information content (AvgIpc) is 3.30. The number of esters is 3. The molecule has 0 aromatic carbocycles. The molecule has 378 valence electrons. The molecule has 0 fully saturated rings. The highest BCUT2D eigenvalue weighted by Crippen LogP contribution is 2.16. The van der Waals surface area contributed by atoms with Gasteiger partial charge < -0.3 is 14.2 Å².